The number of hydrogen-bond donors (Lipinski definition) is 0. The van der Waals surface area contributed by atoms with Gasteiger partial charge in [0.25, 0.3) is 0 Å². The predicted octanol–water partition coefficient (Wildman–Crippen LogP) is 4.08. The summed E-state index contributed by atoms with van der Waals surface area (Å²) in [5, 5.41) is 0. The van der Waals surface area contributed by atoms with Gasteiger partial charge >= 0.3 is 0 Å². The first-order valence-corrected chi connectivity index (χ1v) is 8.82. The average Bonchev–Trinajstić information content (AvgIpc) is 3.25. The first-order chi connectivity index (χ1) is 10.4. The molecule has 1 fully saturated rings. The molecule has 1 aromatic rings. The maximum absolute atomic E-state index is 13.7. The van der Waals surface area contributed by atoms with Gasteiger partial charge in [-0.2, -0.15) is 0 Å². The van der Waals surface area contributed by atoms with E-state index in [1.165, 1.54) is 18.9 Å². The van der Waals surface area contributed by atoms with E-state index in [-0.39, 0.29) is 10.6 Å². The highest BCUT2D eigenvalue weighted by atomic mass is 32.2. The molecule has 0 radical (unpaired) electrons. The normalized spacial score (nSPS) is 17.0. The zero-order chi connectivity index (χ0) is 16.2. The third-order valence-electron chi connectivity index (χ3n) is 3.50. The molecule has 5 heteroatoms. The Morgan fingerprint density at radius 2 is 2.14 bits per heavy atom. The van der Waals surface area contributed by atoms with Crippen LogP contribution in [0.4, 0.5) is 4.39 Å². The van der Waals surface area contributed by atoms with Crippen LogP contribution < -0.4 is 4.74 Å². The lowest BCUT2D eigenvalue weighted by atomic mass is 10.1. The van der Waals surface area contributed by atoms with Gasteiger partial charge in [-0.25, -0.2) is 4.39 Å². The van der Waals surface area contributed by atoms with Crippen molar-refractivity contribution in [2.24, 2.45) is 10.3 Å². The van der Waals surface area contributed by atoms with Gasteiger partial charge < -0.3 is 9.29 Å². The van der Waals surface area contributed by atoms with E-state index < -0.39 is 11.4 Å². The van der Waals surface area contributed by atoms with Crippen LogP contribution in [0.15, 0.2) is 22.6 Å². The number of hydrogen-bond acceptors (Lipinski definition) is 3. The van der Waals surface area contributed by atoms with E-state index in [1.807, 2.05) is 20.8 Å². The number of rotatable bonds is 7. The molecule has 22 heavy (non-hydrogen) atoms. The van der Waals surface area contributed by atoms with Gasteiger partial charge in [0.2, 0.25) is 0 Å². The number of ether oxygens (including phenoxy) is 1. The lowest BCUT2D eigenvalue weighted by Crippen LogP contribution is -2.25. The standard InChI is InChI=1S/C17H24FNO2S/c1-17(2,3)22(20)19-10-8-14-6-7-15(18)16(12-14)21-11-9-13-4-5-13/h6-7,10,12-13H,4-5,8-9,11H2,1-3H3/b19-10-. The maximum atomic E-state index is 13.7. The van der Waals surface area contributed by atoms with Crippen molar-refractivity contribution in [3.05, 3.63) is 29.6 Å². The second kappa shape index (κ2) is 7.47. The summed E-state index contributed by atoms with van der Waals surface area (Å²) >= 11 is -1.26. The first-order valence-electron chi connectivity index (χ1n) is 7.72. The Bertz CT molecular complexity index is 524. The summed E-state index contributed by atoms with van der Waals surface area (Å²) < 4.78 is 34.7. The smallest absolute Gasteiger partial charge is 0.165 e. The van der Waals surface area contributed by atoms with Crippen molar-refractivity contribution < 1.29 is 13.7 Å². The number of benzene rings is 1. The van der Waals surface area contributed by atoms with Crippen LogP contribution in [-0.2, 0) is 17.8 Å². The summed E-state index contributed by atoms with van der Waals surface area (Å²) in [5.41, 5.74) is 0.900. The molecule has 2 rings (SSSR count). The molecule has 3 nitrogen and oxygen atoms in total. The van der Waals surface area contributed by atoms with Crippen molar-refractivity contribution in [1.29, 1.82) is 0 Å². The molecule has 1 aliphatic rings. The van der Waals surface area contributed by atoms with E-state index in [2.05, 4.69) is 4.40 Å². The van der Waals surface area contributed by atoms with Crippen molar-refractivity contribution in [3.63, 3.8) is 0 Å². The van der Waals surface area contributed by atoms with Crippen LogP contribution in [0, 0.1) is 11.7 Å². The Hall–Kier alpha value is -1.07. The topological polar surface area (TPSA) is 44.7 Å². The van der Waals surface area contributed by atoms with Gasteiger partial charge in [0.15, 0.2) is 11.6 Å². The van der Waals surface area contributed by atoms with E-state index in [1.54, 1.807) is 18.3 Å². The Kier molecular flexibility index (Phi) is 5.87. The van der Waals surface area contributed by atoms with Crippen molar-refractivity contribution >= 4 is 17.6 Å². The van der Waals surface area contributed by atoms with Crippen LogP contribution in [0.5, 0.6) is 5.75 Å². The van der Waals surface area contributed by atoms with E-state index >= 15 is 0 Å². The van der Waals surface area contributed by atoms with Crippen molar-refractivity contribution in [3.8, 4) is 5.75 Å². The summed E-state index contributed by atoms with van der Waals surface area (Å²) in [6, 6.07) is 4.82. The van der Waals surface area contributed by atoms with E-state index in [4.69, 9.17) is 4.74 Å². The largest absolute Gasteiger partial charge is 0.591 e. The summed E-state index contributed by atoms with van der Waals surface area (Å²) in [5.74, 6) is 0.726. The molecule has 0 amide bonds. The minimum atomic E-state index is -1.26. The van der Waals surface area contributed by atoms with E-state index in [9.17, 15) is 8.94 Å². The van der Waals surface area contributed by atoms with Gasteiger partial charge in [0.05, 0.1) is 12.8 Å². The van der Waals surface area contributed by atoms with Crippen molar-refractivity contribution in [2.45, 2.75) is 51.2 Å². The molecule has 1 aliphatic carbocycles. The molecule has 1 saturated carbocycles. The lowest BCUT2D eigenvalue weighted by molar-refractivity contribution is 0.288. The highest BCUT2D eigenvalue weighted by Crippen LogP contribution is 2.32. The SMILES string of the molecule is CC(C)(C)[S+]([O-])/N=C\Cc1ccc(F)c(OCCC2CC2)c1. The van der Waals surface area contributed by atoms with E-state index in [0.717, 1.165) is 17.9 Å². The zero-order valence-corrected chi connectivity index (χ0v) is 14.3. The van der Waals surface area contributed by atoms with Crippen LogP contribution in [0.2, 0.25) is 0 Å². The lowest BCUT2D eigenvalue weighted by Gasteiger charge is -2.17. The minimum Gasteiger partial charge on any atom is -0.591 e. The average molecular weight is 325 g/mol. The fourth-order valence-electron chi connectivity index (χ4n) is 1.90. The Morgan fingerprint density at radius 3 is 2.77 bits per heavy atom. The fraction of sp³-hybridized carbons (Fsp3) is 0.588. The maximum Gasteiger partial charge on any atom is 0.165 e. The van der Waals surface area contributed by atoms with Gasteiger partial charge in [0.1, 0.15) is 16.1 Å². The fourth-order valence-corrected chi connectivity index (χ4v) is 2.42. The summed E-state index contributed by atoms with van der Waals surface area (Å²) in [7, 11) is 0. The van der Waals surface area contributed by atoms with Crippen molar-refractivity contribution in [1.82, 2.24) is 0 Å². The molecule has 0 heterocycles. The van der Waals surface area contributed by atoms with Crippen LogP contribution in [0.25, 0.3) is 0 Å². The minimum absolute atomic E-state index is 0.295. The quantitative estimate of drug-likeness (QED) is 0.560. The molecule has 0 bridgehead atoms. The Morgan fingerprint density at radius 1 is 1.41 bits per heavy atom. The third-order valence-corrected chi connectivity index (χ3v) is 4.89. The molecular weight excluding hydrogens is 301 g/mol. The third kappa shape index (κ3) is 5.61. The van der Waals surface area contributed by atoms with Crippen LogP contribution in [0.3, 0.4) is 0 Å². The molecule has 0 N–H and O–H groups in total. The van der Waals surface area contributed by atoms with Gasteiger partial charge in [-0.05, 0) is 50.8 Å². The van der Waals surface area contributed by atoms with Crippen LogP contribution in [-0.4, -0.2) is 22.1 Å². The second-order valence-corrected chi connectivity index (χ2v) is 8.63. The molecule has 0 spiro atoms. The highest BCUT2D eigenvalue weighted by molar-refractivity contribution is 7.91. The molecule has 0 aliphatic heterocycles. The van der Waals surface area contributed by atoms with Gasteiger partial charge in [0, 0.05) is 6.42 Å². The highest BCUT2D eigenvalue weighted by Gasteiger charge is 2.25. The number of nitrogens with zero attached hydrogens (tertiary/aromatic N) is 1. The molecule has 122 valence electrons. The number of halogens is 1. The predicted molar refractivity (Wildman–Crippen MR) is 89.3 cm³/mol. The van der Waals surface area contributed by atoms with Crippen LogP contribution in [0.1, 0.15) is 45.6 Å². The summed E-state index contributed by atoms with van der Waals surface area (Å²) in [6.07, 6.45) is 5.68. The Labute approximate surface area is 135 Å². The zero-order valence-electron chi connectivity index (χ0n) is 13.5. The monoisotopic (exact) mass is 325 g/mol. The summed E-state index contributed by atoms with van der Waals surface area (Å²) in [6.45, 7) is 6.20. The molecule has 0 aromatic heterocycles. The van der Waals surface area contributed by atoms with Gasteiger partial charge in [-0.3, -0.25) is 0 Å². The van der Waals surface area contributed by atoms with Gasteiger partial charge in [-0.15, -0.1) is 0 Å². The van der Waals surface area contributed by atoms with Crippen molar-refractivity contribution in [2.75, 3.05) is 6.61 Å². The second-order valence-electron chi connectivity index (χ2n) is 6.70. The molecule has 0 saturated heterocycles. The first kappa shape index (κ1) is 17.3. The molecular formula is C17H24FNO2S. The molecule has 1 unspecified atom stereocenters. The summed E-state index contributed by atoms with van der Waals surface area (Å²) in [4.78, 5) is 0. The van der Waals surface area contributed by atoms with Gasteiger partial charge in [-0.1, -0.05) is 23.3 Å². The molecule has 1 atom stereocenters. The Balaban J connectivity index is 1.89. The molecule has 1 aromatic carbocycles. The van der Waals surface area contributed by atoms with E-state index in [0.29, 0.717) is 18.8 Å². The van der Waals surface area contributed by atoms with Crippen LogP contribution >= 0.6 is 0 Å².